The highest BCUT2D eigenvalue weighted by atomic mass is 35.5. The van der Waals surface area contributed by atoms with Crippen molar-refractivity contribution in [1.82, 2.24) is 0 Å². The van der Waals surface area contributed by atoms with Crippen LogP contribution in [0.4, 0.5) is 5.69 Å². The van der Waals surface area contributed by atoms with Crippen LogP contribution in [0.3, 0.4) is 0 Å². The summed E-state index contributed by atoms with van der Waals surface area (Å²) < 4.78 is 5.60. The largest absolute Gasteiger partial charge is 0.372 e. The molecule has 2 rings (SSSR count). The number of ether oxygens (including phenoxy) is 1. The average Bonchev–Trinajstić information content (AvgIpc) is 2.49. The first-order valence-corrected chi connectivity index (χ1v) is 7.00. The van der Waals surface area contributed by atoms with E-state index in [1.54, 1.807) is 12.1 Å². The molecule has 0 heterocycles. The van der Waals surface area contributed by atoms with Gasteiger partial charge in [-0.2, -0.15) is 0 Å². The molecule has 0 aliphatic heterocycles. The number of carbonyl (C=O) groups is 1. The summed E-state index contributed by atoms with van der Waals surface area (Å²) in [5.41, 5.74) is 2.64. The maximum Gasteiger partial charge on any atom is 0.269 e. The van der Waals surface area contributed by atoms with Crippen molar-refractivity contribution >= 4 is 22.5 Å². The summed E-state index contributed by atoms with van der Waals surface area (Å²) in [6.07, 6.45) is 0.165. The lowest BCUT2D eigenvalue weighted by molar-refractivity contribution is -0.384. The summed E-state index contributed by atoms with van der Waals surface area (Å²) >= 11 is 5.42. The fourth-order valence-corrected chi connectivity index (χ4v) is 2.16. The predicted octanol–water partition coefficient (Wildman–Crippen LogP) is 3.62. The van der Waals surface area contributed by atoms with Crippen molar-refractivity contribution in [3.8, 4) is 0 Å². The maximum atomic E-state index is 11.0. The van der Waals surface area contributed by atoms with Crippen LogP contribution in [0.1, 0.15) is 16.7 Å². The molecule has 0 atom stereocenters. The van der Waals surface area contributed by atoms with Crippen molar-refractivity contribution in [1.29, 1.82) is 0 Å². The van der Waals surface area contributed by atoms with Gasteiger partial charge in [-0.3, -0.25) is 14.9 Å². The Balaban J connectivity index is 1.93. The molecule has 6 heteroatoms. The van der Waals surface area contributed by atoms with Gasteiger partial charge in [0.15, 0.2) is 0 Å². The third-order valence-corrected chi connectivity index (χ3v) is 3.25. The van der Waals surface area contributed by atoms with Gasteiger partial charge in [0, 0.05) is 18.6 Å². The fraction of sp³-hybridized carbons (Fsp3) is 0.188. The number of halogens is 1. The van der Waals surface area contributed by atoms with Gasteiger partial charge < -0.3 is 4.74 Å². The van der Waals surface area contributed by atoms with Crippen LogP contribution in [0.2, 0.25) is 0 Å². The van der Waals surface area contributed by atoms with E-state index < -0.39 is 10.2 Å². The van der Waals surface area contributed by atoms with Gasteiger partial charge in [-0.15, -0.1) is 0 Å². The lowest BCUT2D eigenvalue weighted by Gasteiger charge is -2.09. The molecule has 0 N–H and O–H groups in total. The van der Waals surface area contributed by atoms with Crippen molar-refractivity contribution < 1.29 is 14.5 Å². The summed E-state index contributed by atoms with van der Waals surface area (Å²) in [7, 11) is 0. The summed E-state index contributed by atoms with van der Waals surface area (Å²) in [4.78, 5) is 21.1. The number of nitro benzene ring substituents is 1. The second-order valence-electron chi connectivity index (χ2n) is 4.72. The number of non-ortho nitro benzene ring substituents is 1. The van der Waals surface area contributed by atoms with E-state index in [1.807, 2.05) is 24.3 Å². The molecule has 5 nitrogen and oxygen atoms in total. The number of hydrogen-bond acceptors (Lipinski definition) is 4. The first-order valence-electron chi connectivity index (χ1n) is 6.62. The van der Waals surface area contributed by atoms with Gasteiger partial charge in [-0.05, 0) is 40.4 Å². The normalized spacial score (nSPS) is 10.4. The van der Waals surface area contributed by atoms with E-state index in [0.717, 1.165) is 16.7 Å². The number of carbonyl (C=O) groups excluding carboxylic acids is 1. The molecule has 0 fully saturated rings. The van der Waals surface area contributed by atoms with E-state index in [0.29, 0.717) is 13.2 Å². The van der Waals surface area contributed by atoms with Crippen LogP contribution < -0.4 is 0 Å². The SMILES string of the molecule is O=C(Cl)Cc1ccccc1COCc1ccc([N+](=O)[O-])cc1. The van der Waals surface area contributed by atoms with Crippen LogP contribution in [-0.4, -0.2) is 10.2 Å². The van der Waals surface area contributed by atoms with Gasteiger partial charge in [0.1, 0.15) is 0 Å². The molecule has 0 amide bonds. The molecule has 2 aromatic carbocycles. The average molecular weight is 320 g/mol. The number of nitro groups is 1. The Morgan fingerprint density at radius 3 is 2.27 bits per heavy atom. The Hall–Kier alpha value is -2.24. The second-order valence-corrected chi connectivity index (χ2v) is 5.14. The number of benzene rings is 2. The molecule has 0 radical (unpaired) electrons. The first-order chi connectivity index (χ1) is 10.6. The monoisotopic (exact) mass is 319 g/mol. The maximum absolute atomic E-state index is 11.0. The van der Waals surface area contributed by atoms with E-state index >= 15 is 0 Å². The Labute approximate surface area is 132 Å². The van der Waals surface area contributed by atoms with Crippen LogP contribution in [0.25, 0.3) is 0 Å². The highest BCUT2D eigenvalue weighted by Crippen LogP contribution is 2.15. The highest BCUT2D eigenvalue weighted by molar-refractivity contribution is 6.63. The Morgan fingerprint density at radius 2 is 1.68 bits per heavy atom. The summed E-state index contributed by atoms with van der Waals surface area (Å²) in [5, 5.41) is 10.2. The van der Waals surface area contributed by atoms with Gasteiger partial charge >= 0.3 is 0 Å². The zero-order valence-electron chi connectivity index (χ0n) is 11.7. The van der Waals surface area contributed by atoms with E-state index in [2.05, 4.69) is 0 Å². The van der Waals surface area contributed by atoms with Crippen LogP contribution in [-0.2, 0) is 29.2 Å². The first kappa shape index (κ1) is 16.1. The molecule has 0 saturated heterocycles. The molecule has 0 spiro atoms. The predicted molar refractivity (Wildman–Crippen MR) is 82.6 cm³/mol. The van der Waals surface area contributed by atoms with Gasteiger partial charge in [0.05, 0.1) is 18.1 Å². The van der Waals surface area contributed by atoms with Crippen LogP contribution in [0.5, 0.6) is 0 Å². The van der Waals surface area contributed by atoms with Crippen LogP contribution in [0, 0.1) is 10.1 Å². The number of rotatable bonds is 7. The molecule has 114 valence electrons. The van der Waals surface area contributed by atoms with Gasteiger partial charge in [-0.25, -0.2) is 0 Å². The highest BCUT2D eigenvalue weighted by Gasteiger charge is 2.07. The number of hydrogen-bond donors (Lipinski definition) is 0. The summed E-state index contributed by atoms with van der Waals surface area (Å²) in [6, 6.07) is 13.6. The molecule has 0 bridgehead atoms. The molecule has 0 aromatic heterocycles. The second kappa shape index (κ2) is 7.68. The van der Waals surface area contributed by atoms with E-state index in [1.165, 1.54) is 12.1 Å². The Morgan fingerprint density at radius 1 is 1.05 bits per heavy atom. The third kappa shape index (κ3) is 4.65. The van der Waals surface area contributed by atoms with Crippen molar-refractivity contribution in [2.75, 3.05) is 0 Å². The van der Waals surface area contributed by atoms with Crippen molar-refractivity contribution in [2.45, 2.75) is 19.6 Å². The molecule has 2 aromatic rings. The molecule has 0 aliphatic rings. The third-order valence-electron chi connectivity index (χ3n) is 3.12. The Kier molecular flexibility index (Phi) is 5.63. The van der Waals surface area contributed by atoms with Crippen molar-refractivity contribution in [3.63, 3.8) is 0 Å². The van der Waals surface area contributed by atoms with Crippen LogP contribution in [0.15, 0.2) is 48.5 Å². The quantitative estimate of drug-likeness (QED) is 0.444. The molecular weight excluding hydrogens is 306 g/mol. The number of nitrogens with zero attached hydrogens (tertiary/aromatic N) is 1. The van der Waals surface area contributed by atoms with Crippen LogP contribution >= 0.6 is 11.6 Å². The topological polar surface area (TPSA) is 69.4 Å². The molecule has 22 heavy (non-hydrogen) atoms. The fourth-order valence-electron chi connectivity index (χ4n) is 2.01. The lowest BCUT2D eigenvalue weighted by atomic mass is 10.1. The van der Waals surface area contributed by atoms with E-state index in [-0.39, 0.29) is 12.1 Å². The molecule has 0 saturated carbocycles. The lowest BCUT2D eigenvalue weighted by Crippen LogP contribution is -2.01. The smallest absolute Gasteiger partial charge is 0.269 e. The zero-order valence-corrected chi connectivity index (χ0v) is 12.5. The van der Waals surface area contributed by atoms with Gasteiger partial charge in [0.25, 0.3) is 5.69 Å². The standard InChI is InChI=1S/C16H14ClNO4/c17-16(19)9-13-3-1-2-4-14(13)11-22-10-12-5-7-15(8-6-12)18(20)21/h1-8H,9-11H2. The molecule has 0 unspecified atom stereocenters. The zero-order chi connectivity index (χ0) is 15.9. The minimum absolute atomic E-state index is 0.0507. The van der Waals surface area contributed by atoms with Gasteiger partial charge in [0.2, 0.25) is 5.24 Å². The Bertz CT molecular complexity index is 670. The van der Waals surface area contributed by atoms with Gasteiger partial charge in [-0.1, -0.05) is 24.3 Å². The molecule has 0 aliphatic carbocycles. The minimum atomic E-state index is -0.440. The van der Waals surface area contributed by atoms with Crippen molar-refractivity contribution in [2.24, 2.45) is 0 Å². The van der Waals surface area contributed by atoms with Crippen molar-refractivity contribution in [3.05, 3.63) is 75.3 Å². The molecular formula is C16H14ClNO4. The van der Waals surface area contributed by atoms with E-state index in [9.17, 15) is 14.9 Å². The van der Waals surface area contributed by atoms with E-state index in [4.69, 9.17) is 16.3 Å². The summed E-state index contributed by atoms with van der Waals surface area (Å²) in [5.74, 6) is 0. The minimum Gasteiger partial charge on any atom is -0.372 e. The summed E-state index contributed by atoms with van der Waals surface area (Å²) in [6.45, 7) is 0.679.